The largest absolute Gasteiger partial charge is 0.388 e. The summed E-state index contributed by atoms with van der Waals surface area (Å²) in [6.45, 7) is 30.5. The van der Waals surface area contributed by atoms with Gasteiger partial charge in [0.15, 0.2) is 96.5 Å². The summed E-state index contributed by atoms with van der Waals surface area (Å²) in [6, 6.07) is 0. The Morgan fingerprint density at radius 3 is 1.14 bits per heavy atom. The van der Waals surface area contributed by atoms with E-state index in [1.165, 1.54) is 0 Å². The van der Waals surface area contributed by atoms with Gasteiger partial charge in [-0.1, -0.05) is 0 Å². The van der Waals surface area contributed by atoms with Gasteiger partial charge in [0, 0.05) is 98.2 Å². The summed E-state index contributed by atoms with van der Waals surface area (Å²) in [5.41, 5.74) is 5.16. The number of aromatic nitrogens is 24. The number of aliphatic hydroxyl groups excluding tert-OH is 1. The SMILES string of the molecule is CC(C)(O)c1nc2nc(Cl)nc(N3CCOCC3)c2[nH]1.CC1(C)OCCn2c1nc1c(N3CCOCC3)nc(Cl)nc12.Clc1nc(N2CCOCC2)c2nc3n(c2n1)CCOC3.Clc1nc(N2CCOCC2)c2nc3n(c2n1)CCOC31COC1.OC1(c2nc3nc(Cl)nc(N4CCOCC4)c3[nH]2)COC1.OCc1nc2nc(Cl)nc(N3CCOCC3)c2[nH]1. The van der Waals surface area contributed by atoms with Crippen LogP contribution in [-0.2, 0) is 107 Å². The van der Waals surface area contributed by atoms with E-state index in [1.54, 1.807) is 13.8 Å². The van der Waals surface area contributed by atoms with Crippen LogP contribution in [-0.4, -0.2) is 338 Å². The Morgan fingerprint density at radius 2 is 0.710 bits per heavy atom. The van der Waals surface area contributed by atoms with Gasteiger partial charge in [0.1, 0.15) is 75.9 Å². The Labute approximate surface area is 736 Å². The number of anilines is 6. The zero-order valence-corrected chi connectivity index (χ0v) is 72.7. The van der Waals surface area contributed by atoms with Crippen LogP contribution in [0.25, 0.3) is 67.0 Å². The Balaban J connectivity index is 0.000000101. The lowest BCUT2D eigenvalue weighted by atomic mass is 10.00. The molecule has 662 valence electrons. The molecule has 0 unspecified atom stereocenters. The third-order valence-electron chi connectivity index (χ3n) is 22.2. The minimum Gasteiger partial charge on any atom is -0.388 e. The highest BCUT2D eigenvalue weighted by Crippen LogP contribution is 2.41. The number of nitrogens with zero attached hydrogens (tertiary/aromatic N) is 27. The van der Waals surface area contributed by atoms with Crippen molar-refractivity contribution in [1.82, 2.24) is 118 Å². The molecule has 0 amide bonds. The Bertz CT molecular complexity index is 5830. The third-order valence-corrected chi connectivity index (χ3v) is 23.2. The number of hydrogen-bond donors (Lipinski definition) is 6. The summed E-state index contributed by atoms with van der Waals surface area (Å²) < 4.78 is 66.1. The lowest BCUT2D eigenvalue weighted by Gasteiger charge is -2.43. The van der Waals surface area contributed by atoms with Gasteiger partial charge in [-0.25, -0.2) is 29.9 Å². The minimum absolute atomic E-state index is 0.138. The van der Waals surface area contributed by atoms with E-state index < -0.39 is 22.4 Å². The second kappa shape index (κ2) is 36.6. The van der Waals surface area contributed by atoms with Crippen LogP contribution < -0.4 is 29.4 Å². The molecule has 1 spiro atoms. The summed E-state index contributed by atoms with van der Waals surface area (Å²) in [5.74, 6) is 8.43. The molecule has 11 aliphatic rings. The van der Waals surface area contributed by atoms with Gasteiger partial charge < -0.3 is 125 Å². The van der Waals surface area contributed by atoms with Crippen LogP contribution in [0, 0.1) is 0 Å². The number of imidazole rings is 6. The van der Waals surface area contributed by atoms with Crippen LogP contribution >= 0.6 is 69.6 Å². The van der Waals surface area contributed by atoms with Crippen molar-refractivity contribution >= 4 is 171 Å². The van der Waals surface area contributed by atoms with Crippen molar-refractivity contribution in [3.8, 4) is 0 Å². The number of aliphatic hydroxyl groups is 3. The molecule has 50 heteroatoms. The van der Waals surface area contributed by atoms with Gasteiger partial charge in [-0.2, -0.15) is 59.8 Å². The summed E-state index contributed by atoms with van der Waals surface area (Å²) >= 11 is 36.3. The molecule has 124 heavy (non-hydrogen) atoms. The van der Waals surface area contributed by atoms with E-state index in [4.69, 9.17) is 137 Å². The molecule has 0 radical (unpaired) electrons. The number of rotatable bonds is 9. The van der Waals surface area contributed by atoms with Crippen molar-refractivity contribution in [3.05, 3.63) is 66.6 Å². The topological polar surface area (TPSA) is 476 Å². The molecular weight excluding hydrogens is 1750 g/mol. The molecule has 0 bridgehead atoms. The van der Waals surface area contributed by atoms with E-state index in [1.807, 2.05) is 13.8 Å². The lowest BCUT2D eigenvalue weighted by Crippen LogP contribution is -2.53. The van der Waals surface area contributed by atoms with E-state index in [9.17, 15) is 10.2 Å². The van der Waals surface area contributed by atoms with Crippen LogP contribution in [0.3, 0.4) is 0 Å². The maximum atomic E-state index is 10.3. The number of nitrogens with one attached hydrogen (secondary N) is 3. The van der Waals surface area contributed by atoms with E-state index in [-0.39, 0.29) is 51.5 Å². The summed E-state index contributed by atoms with van der Waals surface area (Å²) in [4.78, 5) is 101. The minimum atomic E-state index is -1.07. The first-order valence-electron chi connectivity index (χ1n) is 40.7. The second-order valence-corrected chi connectivity index (χ2v) is 33.3. The fourth-order valence-corrected chi connectivity index (χ4v) is 16.8. The molecule has 12 aromatic heterocycles. The predicted molar refractivity (Wildman–Crippen MR) is 452 cm³/mol. The Hall–Kier alpha value is -8.72. The number of ether oxygens (including phenoxy) is 11. The van der Waals surface area contributed by atoms with Crippen molar-refractivity contribution in [3.63, 3.8) is 0 Å². The van der Waals surface area contributed by atoms with Crippen LogP contribution in [0.5, 0.6) is 0 Å². The molecular formula is C74H90Cl6N30O14. The average molecular weight is 1840 g/mol. The van der Waals surface area contributed by atoms with Gasteiger partial charge in [0.25, 0.3) is 0 Å². The average Bonchev–Trinajstić information content (AvgIpc) is 1.57. The van der Waals surface area contributed by atoms with E-state index >= 15 is 0 Å². The predicted octanol–water partition coefficient (Wildman–Crippen LogP) is 4.47. The summed E-state index contributed by atoms with van der Waals surface area (Å²) in [5, 5.41) is 30.7. The third kappa shape index (κ3) is 17.9. The molecule has 11 aliphatic heterocycles. The van der Waals surface area contributed by atoms with Gasteiger partial charge >= 0.3 is 0 Å². The fourth-order valence-electron chi connectivity index (χ4n) is 15.8. The quantitative estimate of drug-likeness (QED) is 0.109. The van der Waals surface area contributed by atoms with Crippen LogP contribution in [0.2, 0.25) is 31.7 Å². The maximum absolute atomic E-state index is 10.3. The highest BCUT2D eigenvalue weighted by molar-refractivity contribution is 6.30. The molecule has 8 fully saturated rings. The fraction of sp³-hybridized carbons (Fsp3) is 0.595. The highest BCUT2D eigenvalue weighted by atomic mass is 35.5. The first kappa shape index (κ1) is 86.0. The van der Waals surface area contributed by atoms with E-state index in [2.05, 4.69) is 138 Å². The molecule has 0 saturated carbocycles. The normalized spacial score (nSPS) is 19.9. The number of fused-ring (bicyclic) bond motifs is 13. The number of hydrogen-bond acceptors (Lipinski definition) is 38. The summed E-state index contributed by atoms with van der Waals surface area (Å²) in [7, 11) is 0. The summed E-state index contributed by atoms with van der Waals surface area (Å²) in [6.07, 6.45) is 0. The number of morpholine rings is 6. The smallest absolute Gasteiger partial charge is 0.226 e. The van der Waals surface area contributed by atoms with Gasteiger partial charge in [-0.15, -0.1) is 0 Å². The van der Waals surface area contributed by atoms with Crippen molar-refractivity contribution in [2.24, 2.45) is 0 Å². The maximum Gasteiger partial charge on any atom is 0.226 e. The molecule has 0 aliphatic carbocycles. The molecule has 0 atom stereocenters. The number of halogens is 6. The molecule has 8 saturated heterocycles. The van der Waals surface area contributed by atoms with Crippen molar-refractivity contribution in [2.75, 3.05) is 233 Å². The molecule has 12 aromatic rings. The zero-order chi connectivity index (χ0) is 85.6. The molecule has 6 N–H and O–H groups in total. The molecule has 44 nitrogen and oxygen atoms in total. The van der Waals surface area contributed by atoms with Crippen LogP contribution in [0.15, 0.2) is 0 Å². The Morgan fingerprint density at radius 1 is 0.355 bits per heavy atom. The van der Waals surface area contributed by atoms with Gasteiger partial charge in [-0.05, 0) is 97.3 Å². The monoisotopic (exact) mass is 1830 g/mol. The van der Waals surface area contributed by atoms with Crippen molar-refractivity contribution < 1.29 is 67.4 Å². The van der Waals surface area contributed by atoms with Crippen LogP contribution in [0.1, 0.15) is 62.6 Å². The zero-order valence-electron chi connectivity index (χ0n) is 68.1. The standard InChI is InChI=1S/C14H16ClN5O3.C14H18ClN5O2.C12H14ClN5O3.C12H14ClN5O2.C12H16ClN5O2.C10H12ClN5O2/c15-13-17-10(19-1-4-21-5-2-19)9-11(18-13)20-3-6-23-14(7-22-8-14)12(20)16-9;1-14(2)12-16-9-10(19-3-6-21-7-4-19)17-13(15)18-11(9)20(12)5-8-22-14;13-11-16-8-7(9(17-11)18-1-3-20-4-2-18)14-10(15-8)12(19)5-21-6-12;13-12-15-10(17-1-4-19-5-2-17)9-11(16-12)18-3-6-20-7-8(18)14-9;1-12(2,19)10-14-7-8(15-10)16-11(13)17-9(7)18-3-5-20-6-4-18;11-10-14-8-7(12-6(5-17)13-8)9(15-10)16-1-3-18-4-2-16/h1-8H2;3-8H2,1-2H3;19H,1-6H2,(H,14,15,16,17);1-7H2;19H,3-6H2,1-2H3,(H,14,15,16,17);17H,1-5H2,(H,12,13,14,15). The Kier molecular flexibility index (Phi) is 25.4. The second-order valence-electron chi connectivity index (χ2n) is 31.3. The first-order valence-corrected chi connectivity index (χ1v) is 42.9. The van der Waals surface area contributed by atoms with Gasteiger partial charge in [0.05, 0.1) is 126 Å². The van der Waals surface area contributed by atoms with Gasteiger partial charge in [-0.3, -0.25) is 0 Å². The van der Waals surface area contributed by atoms with E-state index in [0.717, 1.165) is 160 Å². The lowest BCUT2D eigenvalue weighted by molar-refractivity contribution is -0.232. The number of aromatic amines is 3. The van der Waals surface area contributed by atoms with Gasteiger partial charge in [0.2, 0.25) is 31.7 Å². The molecule has 23 rings (SSSR count). The van der Waals surface area contributed by atoms with Crippen molar-refractivity contribution in [2.45, 2.75) is 82.9 Å². The first-order chi connectivity index (χ1) is 60.0. The number of H-pyrrole nitrogens is 3. The highest BCUT2D eigenvalue weighted by Gasteiger charge is 2.49. The van der Waals surface area contributed by atoms with Crippen LogP contribution in [0.4, 0.5) is 34.9 Å². The molecule has 0 aromatic carbocycles. The van der Waals surface area contributed by atoms with E-state index in [0.29, 0.717) is 194 Å². The molecule has 23 heterocycles. The van der Waals surface area contributed by atoms with Crippen molar-refractivity contribution in [1.29, 1.82) is 0 Å².